The minimum Gasteiger partial charge on any atom is -0.310 e. The first-order valence-electron chi connectivity index (χ1n) is 25.7. The van der Waals surface area contributed by atoms with E-state index in [-0.39, 0.29) is 32.5 Å². The number of hydrogen-bond donors (Lipinski definition) is 0. The molecule has 0 heterocycles. The van der Waals surface area contributed by atoms with Crippen molar-refractivity contribution in [2.45, 2.75) is 143 Å². The standard InChI is InChI=1S/C68H74N2/c1-63(2,3)43-21-29-47(30-22-43)69(48-31-23-44(24-32-48)64(4,5)6)51-37-38-52-55-40-59-56(41-58(55)67(13,14)57(52)39-51)62-54-20-18-17-19-53(54)61(42-60(62)68(59,15)16)70(49-33-25-45(26-34-49)65(7,8)9)50-35-27-46(28-36-50)66(10,11)12/h17-42H,1-16H3. The highest BCUT2D eigenvalue weighted by molar-refractivity contribution is 6.10. The van der Waals surface area contributed by atoms with Gasteiger partial charge in [0, 0.05) is 44.7 Å². The number of anilines is 6. The summed E-state index contributed by atoms with van der Waals surface area (Å²) < 4.78 is 0. The van der Waals surface area contributed by atoms with Crippen LogP contribution in [0.1, 0.15) is 155 Å². The molecule has 0 fully saturated rings. The van der Waals surface area contributed by atoms with Crippen LogP contribution in [0.2, 0.25) is 0 Å². The number of rotatable bonds is 6. The zero-order valence-electron chi connectivity index (χ0n) is 44.9. The van der Waals surface area contributed by atoms with Gasteiger partial charge in [0.1, 0.15) is 0 Å². The van der Waals surface area contributed by atoms with Crippen molar-refractivity contribution in [3.05, 3.63) is 202 Å². The van der Waals surface area contributed by atoms with Gasteiger partial charge in [-0.05, 0) is 173 Å². The van der Waals surface area contributed by atoms with Crippen LogP contribution in [0.5, 0.6) is 0 Å². The molecule has 10 rings (SSSR count). The van der Waals surface area contributed by atoms with Gasteiger partial charge in [0.05, 0.1) is 5.69 Å². The molecule has 0 N–H and O–H groups in total. The van der Waals surface area contributed by atoms with E-state index < -0.39 is 0 Å². The zero-order chi connectivity index (χ0) is 50.1. The fraction of sp³-hybridized carbons (Fsp3) is 0.324. The fourth-order valence-corrected chi connectivity index (χ4v) is 11.4. The number of fused-ring (bicyclic) bond motifs is 8. The maximum Gasteiger partial charge on any atom is 0.0543 e. The van der Waals surface area contributed by atoms with Crippen LogP contribution in [0, 0.1) is 0 Å². The van der Waals surface area contributed by atoms with Crippen LogP contribution in [-0.4, -0.2) is 0 Å². The molecule has 0 bridgehead atoms. The van der Waals surface area contributed by atoms with E-state index in [9.17, 15) is 0 Å². The van der Waals surface area contributed by atoms with Crippen molar-refractivity contribution in [2.24, 2.45) is 0 Å². The van der Waals surface area contributed by atoms with Crippen LogP contribution in [-0.2, 0) is 32.5 Å². The zero-order valence-corrected chi connectivity index (χ0v) is 44.9. The fourth-order valence-electron chi connectivity index (χ4n) is 11.4. The Morgan fingerprint density at radius 2 is 0.643 bits per heavy atom. The van der Waals surface area contributed by atoms with E-state index in [0.29, 0.717) is 0 Å². The van der Waals surface area contributed by atoms with E-state index in [1.165, 1.54) is 88.9 Å². The summed E-state index contributed by atoms with van der Waals surface area (Å²) in [4.78, 5) is 4.95. The molecule has 2 aliphatic carbocycles. The quantitative estimate of drug-likeness (QED) is 0.164. The molecule has 0 amide bonds. The number of nitrogens with zero attached hydrogens (tertiary/aromatic N) is 2. The second-order valence-electron chi connectivity index (χ2n) is 25.6. The molecule has 2 nitrogen and oxygen atoms in total. The lowest BCUT2D eigenvalue weighted by Crippen LogP contribution is -2.18. The maximum atomic E-state index is 2.58. The molecule has 8 aromatic carbocycles. The SMILES string of the molecule is CC(C)(C)c1ccc(N(c2ccc(C(C)(C)C)cc2)c2ccc3c(c2)C(C)(C)c2cc4c(cc2-3)C(C)(C)c2cc(N(c3ccc(C(C)(C)C)cc3)c3ccc(C(C)(C)C)cc3)c3ccccc3c2-4)cc1. The molecule has 0 aliphatic heterocycles. The Labute approximate surface area is 420 Å². The molecule has 0 saturated heterocycles. The van der Waals surface area contributed by atoms with Crippen LogP contribution in [0.25, 0.3) is 33.0 Å². The lowest BCUT2D eigenvalue weighted by atomic mass is 9.79. The van der Waals surface area contributed by atoms with Crippen molar-refractivity contribution >= 4 is 44.9 Å². The molecule has 2 heteroatoms. The summed E-state index contributed by atoms with van der Waals surface area (Å²) >= 11 is 0. The minimum absolute atomic E-state index is 0.0592. The molecule has 0 saturated carbocycles. The Morgan fingerprint density at radius 3 is 1.07 bits per heavy atom. The Bertz CT molecular complexity index is 3180. The molecule has 2 aliphatic rings. The molecule has 70 heavy (non-hydrogen) atoms. The summed E-state index contributed by atoms with van der Waals surface area (Å²) in [7, 11) is 0. The summed E-state index contributed by atoms with van der Waals surface area (Å²) in [6.45, 7) is 37.2. The lowest BCUT2D eigenvalue weighted by molar-refractivity contribution is 0.590. The summed E-state index contributed by atoms with van der Waals surface area (Å²) in [6.07, 6.45) is 0. The predicted octanol–water partition coefficient (Wildman–Crippen LogP) is 19.6. The highest BCUT2D eigenvalue weighted by Crippen LogP contribution is 2.59. The first-order valence-corrected chi connectivity index (χ1v) is 25.7. The van der Waals surface area contributed by atoms with Crippen molar-refractivity contribution < 1.29 is 0 Å². The van der Waals surface area contributed by atoms with Crippen molar-refractivity contribution in [1.82, 2.24) is 0 Å². The molecular weight excluding hydrogens is 845 g/mol. The van der Waals surface area contributed by atoms with Gasteiger partial charge < -0.3 is 9.80 Å². The Hall–Kier alpha value is -6.38. The molecule has 0 atom stereocenters. The maximum absolute atomic E-state index is 2.58. The van der Waals surface area contributed by atoms with Crippen molar-refractivity contribution in [1.29, 1.82) is 0 Å². The smallest absolute Gasteiger partial charge is 0.0543 e. The molecule has 0 spiro atoms. The van der Waals surface area contributed by atoms with Crippen LogP contribution < -0.4 is 9.80 Å². The summed E-state index contributed by atoms with van der Waals surface area (Å²) in [5.41, 5.74) is 23.1. The highest BCUT2D eigenvalue weighted by atomic mass is 15.1. The van der Waals surface area contributed by atoms with Gasteiger partial charge in [-0.15, -0.1) is 0 Å². The van der Waals surface area contributed by atoms with Crippen LogP contribution >= 0.6 is 0 Å². The average Bonchev–Trinajstić information content (AvgIpc) is 3.66. The van der Waals surface area contributed by atoms with Gasteiger partial charge in [-0.1, -0.05) is 190 Å². The molecule has 356 valence electrons. The normalized spacial score (nSPS) is 14.8. The molecule has 0 aromatic heterocycles. The van der Waals surface area contributed by atoms with Gasteiger partial charge in [-0.2, -0.15) is 0 Å². The second kappa shape index (κ2) is 16.1. The third-order valence-electron chi connectivity index (χ3n) is 15.9. The van der Waals surface area contributed by atoms with E-state index in [2.05, 4.69) is 278 Å². The Balaban J connectivity index is 1.11. The van der Waals surface area contributed by atoms with Crippen molar-refractivity contribution in [3.63, 3.8) is 0 Å². The van der Waals surface area contributed by atoms with Gasteiger partial charge in [0.15, 0.2) is 0 Å². The second-order valence-corrected chi connectivity index (χ2v) is 25.6. The predicted molar refractivity (Wildman–Crippen MR) is 303 cm³/mol. The minimum atomic E-state index is -0.252. The number of hydrogen-bond acceptors (Lipinski definition) is 2. The van der Waals surface area contributed by atoms with E-state index in [0.717, 1.165) is 22.7 Å². The third-order valence-corrected chi connectivity index (χ3v) is 15.9. The Kier molecular flexibility index (Phi) is 10.9. The van der Waals surface area contributed by atoms with Gasteiger partial charge in [0.25, 0.3) is 0 Å². The molecule has 0 unspecified atom stereocenters. The van der Waals surface area contributed by atoms with Crippen molar-refractivity contribution in [2.75, 3.05) is 9.80 Å². The van der Waals surface area contributed by atoms with E-state index in [1.54, 1.807) is 0 Å². The van der Waals surface area contributed by atoms with E-state index in [1.807, 2.05) is 0 Å². The molecule has 8 aromatic rings. The lowest BCUT2D eigenvalue weighted by Gasteiger charge is -2.31. The first-order chi connectivity index (χ1) is 32.7. The first kappa shape index (κ1) is 47.3. The third kappa shape index (κ3) is 7.87. The average molecular weight is 919 g/mol. The van der Waals surface area contributed by atoms with Gasteiger partial charge in [-0.25, -0.2) is 0 Å². The topological polar surface area (TPSA) is 6.48 Å². The van der Waals surface area contributed by atoms with Crippen LogP contribution in [0.15, 0.2) is 158 Å². The Morgan fingerprint density at radius 1 is 0.300 bits per heavy atom. The monoisotopic (exact) mass is 919 g/mol. The number of benzene rings is 8. The molecule has 0 radical (unpaired) electrons. The van der Waals surface area contributed by atoms with Gasteiger partial charge in [0.2, 0.25) is 0 Å². The van der Waals surface area contributed by atoms with Crippen LogP contribution in [0.3, 0.4) is 0 Å². The highest BCUT2D eigenvalue weighted by Gasteiger charge is 2.43. The van der Waals surface area contributed by atoms with Gasteiger partial charge >= 0.3 is 0 Å². The van der Waals surface area contributed by atoms with Crippen molar-refractivity contribution in [3.8, 4) is 22.3 Å². The van der Waals surface area contributed by atoms with Crippen LogP contribution in [0.4, 0.5) is 34.1 Å². The van der Waals surface area contributed by atoms with E-state index >= 15 is 0 Å². The van der Waals surface area contributed by atoms with Gasteiger partial charge in [-0.3, -0.25) is 0 Å². The summed E-state index contributed by atoms with van der Waals surface area (Å²) in [5.74, 6) is 0. The molecular formula is C68H74N2. The summed E-state index contributed by atoms with van der Waals surface area (Å²) in [5, 5.41) is 2.55. The van der Waals surface area contributed by atoms with E-state index in [4.69, 9.17) is 0 Å². The summed E-state index contributed by atoms with van der Waals surface area (Å²) in [6, 6.07) is 61.0. The largest absolute Gasteiger partial charge is 0.310 e.